The van der Waals surface area contributed by atoms with Gasteiger partial charge in [-0.3, -0.25) is 14.2 Å². The number of amides is 1. The number of H-pyrrole nitrogens is 1. The van der Waals surface area contributed by atoms with Crippen LogP contribution in [0.2, 0.25) is 0 Å². The number of nitrogens with one attached hydrogen (secondary N) is 2. The average molecular weight is 310 g/mol. The van der Waals surface area contributed by atoms with Crippen LogP contribution in [-0.4, -0.2) is 30.6 Å². The van der Waals surface area contributed by atoms with Gasteiger partial charge in [0, 0.05) is 31.2 Å². The third-order valence-electron chi connectivity index (χ3n) is 3.25. The van der Waals surface area contributed by atoms with Crippen molar-refractivity contribution < 1.29 is 4.79 Å². The van der Waals surface area contributed by atoms with Crippen molar-refractivity contribution in [2.24, 2.45) is 0 Å². The fourth-order valence-electron chi connectivity index (χ4n) is 2.07. The van der Waals surface area contributed by atoms with E-state index >= 15 is 0 Å². The Bertz CT molecular complexity index is 878. The van der Waals surface area contributed by atoms with Gasteiger partial charge >= 0.3 is 0 Å². The minimum Gasteiger partial charge on any atom is -0.347 e. The van der Waals surface area contributed by atoms with Gasteiger partial charge in [0.25, 0.3) is 11.5 Å². The van der Waals surface area contributed by atoms with Crippen LogP contribution in [-0.2, 0) is 6.54 Å². The third-order valence-corrected chi connectivity index (χ3v) is 3.25. The van der Waals surface area contributed by atoms with Gasteiger partial charge in [0.15, 0.2) is 0 Å². The largest absolute Gasteiger partial charge is 0.347 e. The molecule has 0 bridgehead atoms. The maximum absolute atomic E-state index is 12.0. The van der Waals surface area contributed by atoms with Crippen molar-refractivity contribution in [1.82, 2.24) is 30.0 Å². The molecule has 0 atom stereocenters. The van der Waals surface area contributed by atoms with Gasteiger partial charge in [-0.05, 0) is 30.7 Å². The number of hydrogen-bond acceptors (Lipinski definition) is 5. The maximum atomic E-state index is 12.0. The predicted octanol–water partition coefficient (Wildman–Crippen LogP) is 0.589. The number of aromatic amines is 1. The second-order valence-corrected chi connectivity index (χ2v) is 4.86. The van der Waals surface area contributed by atoms with Gasteiger partial charge in [0.2, 0.25) is 0 Å². The number of aromatic nitrogens is 5. The van der Waals surface area contributed by atoms with Crippen LogP contribution in [0.4, 0.5) is 0 Å². The summed E-state index contributed by atoms with van der Waals surface area (Å²) < 4.78 is 1.86. The zero-order valence-electron chi connectivity index (χ0n) is 12.4. The van der Waals surface area contributed by atoms with Crippen LogP contribution < -0.4 is 10.9 Å². The Kier molecular flexibility index (Phi) is 3.96. The van der Waals surface area contributed by atoms with Gasteiger partial charge in [-0.2, -0.15) is 5.10 Å². The van der Waals surface area contributed by atoms with Crippen LogP contribution >= 0.6 is 0 Å². The Hall–Kier alpha value is -3.29. The highest BCUT2D eigenvalue weighted by Crippen LogP contribution is 2.09. The van der Waals surface area contributed by atoms with Crippen LogP contribution in [0.1, 0.15) is 21.9 Å². The number of carbonyl (C=O) groups is 1. The second kappa shape index (κ2) is 6.22. The quantitative estimate of drug-likeness (QED) is 0.733. The molecule has 3 heterocycles. The highest BCUT2D eigenvalue weighted by molar-refractivity contribution is 5.91. The number of aryl methyl sites for hydroxylation is 1. The molecule has 0 saturated carbocycles. The summed E-state index contributed by atoms with van der Waals surface area (Å²) in [5.74, 6) is 1.20. The van der Waals surface area contributed by atoms with E-state index in [1.165, 1.54) is 12.1 Å². The minimum atomic E-state index is -0.363. The fourth-order valence-corrected chi connectivity index (χ4v) is 2.07. The van der Waals surface area contributed by atoms with Crippen LogP contribution in [0.25, 0.3) is 5.82 Å². The number of rotatable bonds is 4. The summed E-state index contributed by atoms with van der Waals surface area (Å²) in [6.07, 6.45) is 5.20. The first-order chi connectivity index (χ1) is 11.1. The molecule has 116 valence electrons. The summed E-state index contributed by atoms with van der Waals surface area (Å²) in [7, 11) is 0. The van der Waals surface area contributed by atoms with Crippen LogP contribution in [0.5, 0.6) is 0 Å². The van der Waals surface area contributed by atoms with E-state index in [0.717, 1.165) is 17.2 Å². The summed E-state index contributed by atoms with van der Waals surface area (Å²) in [5, 5.41) is 8.66. The molecule has 0 aromatic carbocycles. The van der Waals surface area contributed by atoms with Gasteiger partial charge in [0.05, 0.1) is 0 Å². The van der Waals surface area contributed by atoms with Crippen molar-refractivity contribution >= 4 is 5.91 Å². The standard InChI is InChI=1S/C15H14N6O2/c1-10-16-6-7-21(10)13-8-11(4-5-17-13)9-18-15(23)12-2-3-14(22)20-19-12/h2-8H,9H2,1H3,(H,18,23)(H,20,22). The monoisotopic (exact) mass is 310 g/mol. The van der Waals surface area contributed by atoms with Crippen molar-refractivity contribution in [2.45, 2.75) is 13.5 Å². The summed E-state index contributed by atoms with van der Waals surface area (Å²) in [5.41, 5.74) is 0.696. The summed E-state index contributed by atoms with van der Waals surface area (Å²) in [6.45, 7) is 2.21. The molecule has 0 aliphatic carbocycles. The van der Waals surface area contributed by atoms with E-state index in [-0.39, 0.29) is 17.2 Å². The molecule has 2 N–H and O–H groups in total. The zero-order valence-corrected chi connectivity index (χ0v) is 12.4. The van der Waals surface area contributed by atoms with E-state index in [0.29, 0.717) is 6.54 Å². The Balaban J connectivity index is 1.71. The van der Waals surface area contributed by atoms with Gasteiger partial charge in [-0.1, -0.05) is 0 Å². The van der Waals surface area contributed by atoms with E-state index in [4.69, 9.17) is 0 Å². The smallest absolute Gasteiger partial charge is 0.271 e. The van der Waals surface area contributed by atoms with E-state index < -0.39 is 0 Å². The molecular formula is C15H14N6O2. The molecule has 23 heavy (non-hydrogen) atoms. The number of hydrogen-bond donors (Lipinski definition) is 2. The molecule has 3 rings (SSSR count). The zero-order chi connectivity index (χ0) is 16.2. The van der Waals surface area contributed by atoms with Crippen molar-refractivity contribution in [1.29, 1.82) is 0 Å². The molecule has 1 amide bonds. The molecule has 8 heteroatoms. The molecule has 0 fully saturated rings. The predicted molar refractivity (Wildman–Crippen MR) is 82.1 cm³/mol. The number of carbonyl (C=O) groups excluding carboxylic acids is 1. The van der Waals surface area contributed by atoms with Crippen molar-refractivity contribution in [3.63, 3.8) is 0 Å². The van der Waals surface area contributed by atoms with Crippen molar-refractivity contribution in [3.05, 3.63) is 70.3 Å². The Morgan fingerprint density at radius 1 is 1.26 bits per heavy atom. The first kappa shape index (κ1) is 14.6. The lowest BCUT2D eigenvalue weighted by Gasteiger charge is -2.08. The lowest BCUT2D eigenvalue weighted by molar-refractivity contribution is 0.0944. The van der Waals surface area contributed by atoms with E-state index in [1.807, 2.05) is 29.8 Å². The highest BCUT2D eigenvalue weighted by Gasteiger charge is 2.08. The van der Waals surface area contributed by atoms with Crippen LogP contribution in [0.15, 0.2) is 47.7 Å². The van der Waals surface area contributed by atoms with Gasteiger partial charge in [-0.25, -0.2) is 15.1 Å². The molecule has 0 aliphatic rings. The third kappa shape index (κ3) is 3.31. The van der Waals surface area contributed by atoms with Gasteiger partial charge in [-0.15, -0.1) is 0 Å². The Morgan fingerprint density at radius 3 is 2.83 bits per heavy atom. The van der Waals surface area contributed by atoms with Gasteiger partial charge in [0.1, 0.15) is 17.3 Å². The summed E-state index contributed by atoms with van der Waals surface area (Å²) in [4.78, 5) is 31.4. The maximum Gasteiger partial charge on any atom is 0.271 e. The van der Waals surface area contributed by atoms with Crippen molar-refractivity contribution in [2.75, 3.05) is 0 Å². The molecule has 3 aromatic heterocycles. The lowest BCUT2D eigenvalue weighted by Crippen LogP contribution is -2.25. The average Bonchev–Trinajstić information content (AvgIpc) is 3.00. The molecule has 8 nitrogen and oxygen atoms in total. The van der Waals surface area contributed by atoms with E-state index in [1.54, 1.807) is 12.4 Å². The van der Waals surface area contributed by atoms with Crippen LogP contribution in [0.3, 0.4) is 0 Å². The molecular weight excluding hydrogens is 296 g/mol. The van der Waals surface area contributed by atoms with E-state index in [9.17, 15) is 9.59 Å². The molecule has 0 spiro atoms. The van der Waals surface area contributed by atoms with E-state index in [2.05, 4.69) is 25.5 Å². The van der Waals surface area contributed by atoms with Gasteiger partial charge < -0.3 is 5.32 Å². The molecule has 0 saturated heterocycles. The summed E-state index contributed by atoms with van der Waals surface area (Å²) >= 11 is 0. The normalized spacial score (nSPS) is 10.5. The fraction of sp³-hybridized carbons (Fsp3) is 0.133. The SMILES string of the molecule is Cc1nccn1-c1cc(CNC(=O)c2ccc(=O)[nH]n2)ccn1. The molecule has 3 aromatic rings. The number of pyridine rings is 1. The Labute approximate surface area is 131 Å². The first-order valence-corrected chi connectivity index (χ1v) is 6.92. The van der Waals surface area contributed by atoms with Crippen molar-refractivity contribution in [3.8, 4) is 5.82 Å². The Morgan fingerprint density at radius 2 is 2.13 bits per heavy atom. The number of imidazole rings is 1. The summed E-state index contributed by atoms with van der Waals surface area (Å²) in [6, 6.07) is 6.32. The lowest BCUT2D eigenvalue weighted by atomic mass is 10.2. The molecule has 0 unspecified atom stereocenters. The minimum absolute atomic E-state index is 0.157. The second-order valence-electron chi connectivity index (χ2n) is 4.86. The first-order valence-electron chi connectivity index (χ1n) is 6.92. The molecule has 0 radical (unpaired) electrons. The molecule has 0 aliphatic heterocycles. The topological polar surface area (TPSA) is 106 Å². The number of nitrogens with zero attached hydrogens (tertiary/aromatic N) is 4. The highest BCUT2D eigenvalue weighted by atomic mass is 16.2. The van der Waals surface area contributed by atoms with Crippen LogP contribution in [0, 0.1) is 6.92 Å².